The lowest BCUT2D eigenvalue weighted by atomic mass is 9.85. The number of ether oxygens (including phenoxy) is 1. The molecule has 0 amide bonds. The van der Waals surface area contributed by atoms with Crippen LogP contribution in [-0.4, -0.2) is 4.98 Å². The third-order valence-corrected chi connectivity index (χ3v) is 5.48. The molecule has 2 aromatic carbocycles. The van der Waals surface area contributed by atoms with E-state index in [1.54, 1.807) is 0 Å². The lowest BCUT2D eigenvalue weighted by molar-refractivity contribution is 0.306. The highest BCUT2D eigenvalue weighted by molar-refractivity contribution is 5.48. The third-order valence-electron chi connectivity index (χ3n) is 5.48. The lowest BCUT2D eigenvalue weighted by Gasteiger charge is -2.21. The van der Waals surface area contributed by atoms with E-state index in [0.29, 0.717) is 19.1 Å². The van der Waals surface area contributed by atoms with Crippen molar-refractivity contribution in [2.75, 3.05) is 5.32 Å². The number of pyridine rings is 1. The molecule has 0 radical (unpaired) electrons. The van der Waals surface area contributed by atoms with Crippen molar-refractivity contribution in [3.05, 3.63) is 89.7 Å². The molecule has 0 bridgehead atoms. The molecule has 3 heteroatoms. The number of nitrogens with zero attached hydrogens (tertiary/aromatic N) is 1. The molecule has 1 N–H and O–H groups in total. The van der Waals surface area contributed by atoms with Crippen LogP contribution in [0.2, 0.25) is 0 Å². The van der Waals surface area contributed by atoms with Crippen LogP contribution in [0.4, 0.5) is 5.69 Å². The van der Waals surface area contributed by atoms with Gasteiger partial charge in [0.1, 0.15) is 12.4 Å². The van der Waals surface area contributed by atoms with E-state index in [9.17, 15) is 0 Å². The van der Waals surface area contributed by atoms with Crippen LogP contribution in [0.5, 0.6) is 5.75 Å². The molecule has 0 atom stereocenters. The Labute approximate surface area is 167 Å². The average molecular weight is 373 g/mol. The number of benzene rings is 2. The molecule has 4 rings (SSSR count). The highest BCUT2D eigenvalue weighted by atomic mass is 16.5. The molecular weight excluding hydrogens is 344 g/mol. The molecule has 3 aromatic rings. The van der Waals surface area contributed by atoms with Crippen LogP contribution in [0.1, 0.15) is 54.8 Å². The van der Waals surface area contributed by atoms with E-state index in [2.05, 4.69) is 46.8 Å². The maximum absolute atomic E-state index is 5.91. The van der Waals surface area contributed by atoms with Gasteiger partial charge in [0.05, 0.1) is 12.2 Å². The Kier molecular flexibility index (Phi) is 6.23. The fourth-order valence-electron chi connectivity index (χ4n) is 3.85. The lowest BCUT2D eigenvalue weighted by Crippen LogP contribution is -2.06. The fraction of sp³-hybridized carbons (Fsp3) is 0.320. The maximum Gasteiger partial charge on any atom is 0.121 e. The Morgan fingerprint density at radius 3 is 2.54 bits per heavy atom. The smallest absolute Gasteiger partial charge is 0.121 e. The van der Waals surface area contributed by atoms with Crippen molar-refractivity contribution in [1.29, 1.82) is 0 Å². The second-order valence-corrected chi connectivity index (χ2v) is 7.57. The maximum atomic E-state index is 5.91. The second kappa shape index (κ2) is 9.41. The molecule has 0 spiro atoms. The van der Waals surface area contributed by atoms with Gasteiger partial charge in [0.25, 0.3) is 0 Å². The van der Waals surface area contributed by atoms with Crippen molar-refractivity contribution >= 4 is 5.69 Å². The van der Waals surface area contributed by atoms with Gasteiger partial charge in [-0.05, 0) is 48.1 Å². The first-order valence-electron chi connectivity index (χ1n) is 10.3. The zero-order valence-corrected chi connectivity index (χ0v) is 16.3. The van der Waals surface area contributed by atoms with Crippen LogP contribution in [-0.2, 0) is 13.2 Å². The van der Waals surface area contributed by atoms with Gasteiger partial charge in [0.2, 0.25) is 0 Å². The Hall–Kier alpha value is -2.81. The Balaban J connectivity index is 1.30. The minimum Gasteiger partial charge on any atom is -0.489 e. The molecule has 0 unspecified atom stereocenters. The van der Waals surface area contributed by atoms with Crippen LogP contribution in [0, 0.1) is 0 Å². The zero-order chi connectivity index (χ0) is 19.0. The SMILES string of the molecule is c1ccc(COc2cccc(NCc3ccc(C4CCCCC4)cn3)c2)cc1. The quantitative estimate of drug-likeness (QED) is 0.527. The summed E-state index contributed by atoms with van der Waals surface area (Å²) in [5, 5.41) is 3.46. The third kappa shape index (κ3) is 5.13. The molecule has 144 valence electrons. The predicted octanol–water partition coefficient (Wildman–Crippen LogP) is 6.32. The van der Waals surface area contributed by atoms with Crippen molar-refractivity contribution in [3.8, 4) is 5.75 Å². The Morgan fingerprint density at radius 2 is 1.75 bits per heavy atom. The first-order chi connectivity index (χ1) is 13.9. The van der Waals surface area contributed by atoms with E-state index >= 15 is 0 Å². The summed E-state index contributed by atoms with van der Waals surface area (Å²) in [6.07, 6.45) is 8.81. The highest BCUT2D eigenvalue weighted by Gasteiger charge is 2.15. The summed E-state index contributed by atoms with van der Waals surface area (Å²) in [6, 6.07) is 22.8. The molecule has 1 aliphatic rings. The van der Waals surface area contributed by atoms with Gasteiger partial charge in [-0.2, -0.15) is 0 Å². The van der Waals surface area contributed by atoms with Gasteiger partial charge in [-0.25, -0.2) is 0 Å². The number of anilines is 1. The van der Waals surface area contributed by atoms with Crippen molar-refractivity contribution in [3.63, 3.8) is 0 Å². The van der Waals surface area contributed by atoms with Crippen LogP contribution in [0.15, 0.2) is 72.9 Å². The number of nitrogens with one attached hydrogen (secondary N) is 1. The summed E-state index contributed by atoms with van der Waals surface area (Å²) in [6.45, 7) is 1.29. The molecule has 1 aliphatic carbocycles. The average Bonchev–Trinajstić information content (AvgIpc) is 2.78. The highest BCUT2D eigenvalue weighted by Crippen LogP contribution is 2.32. The van der Waals surface area contributed by atoms with Gasteiger partial charge in [-0.15, -0.1) is 0 Å². The predicted molar refractivity (Wildman–Crippen MR) is 115 cm³/mol. The largest absolute Gasteiger partial charge is 0.489 e. The monoisotopic (exact) mass is 372 g/mol. The van der Waals surface area contributed by atoms with E-state index in [1.165, 1.54) is 43.2 Å². The zero-order valence-electron chi connectivity index (χ0n) is 16.3. The summed E-state index contributed by atoms with van der Waals surface area (Å²) in [4.78, 5) is 4.67. The molecule has 1 saturated carbocycles. The number of hydrogen-bond acceptors (Lipinski definition) is 3. The summed E-state index contributed by atoms with van der Waals surface area (Å²) < 4.78 is 5.91. The van der Waals surface area contributed by atoms with Crippen LogP contribution >= 0.6 is 0 Å². The summed E-state index contributed by atoms with van der Waals surface area (Å²) in [5.41, 5.74) is 4.68. The van der Waals surface area contributed by atoms with E-state index in [4.69, 9.17) is 4.74 Å². The van der Waals surface area contributed by atoms with Crippen molar-refractivity contribution < 1.29 is 4.74 Å². The molecule has 28 heavy (non-hydrogen) atoms. The topological polar surface area (TPSA) is 34.1 Å². The molecular formula is C25H28N2O. The molecule has 1 fully saturated rings. The minimum atomic E-state index is 0.578. The fourth-order valence-corrected chi connectivity index (χ4v) is 3.85. The summed E-state index contributed by atoms with van der Waals surface area (Å²) >= 11 is 0. The summed E-state index contributed by atoms with van der Waals surface area (Å²) in [7, 11) is 0. The molecule has 1 aromatic heterocycles. The van der Waals surface area contributed by atoms with Crippen molar-refractivity contribution in [1.82, 2.24) is 4.98 Å². The van der Waals surface area contributed by atoms with Gasteiger partial charge in [0.15, 0.2) is 0 Å². The summed E-state index contributed by atoms with van der Waals surface area (Å²) in [5.74, 6) is 1.58. The van der Waals surface area contributed by atoms with E-state index in [-0.39, 0.29) is 0 Å². The number of rotatable bonds is 7. The molecule has 0 aliphatic heterocycles. The van der Waals surface area contributed by atoms with Gasteiger partial charge >= 0.3 is 0 Å². The first-order valence-corrected chi connectivity index (χ1v) is 10.3. The van der Waals surface area contributed by atoms with E-state index in [0.717, 1.165) is 17.1 Å². The minimum absolute atomic E-state index is 0.578. The van der Waals surface area contributed by atoms with Gasteiger partial charge in [0, 0.05) is 18.0 Å². The van der Waals surface area contributed by atoms with Crippen LogP contribution < -0.4 is 10.1 Å². The molecule has 1 heterocycles. The Bertz CT molecular complexity index is 855. The van der Waals surface area contributed by atoms with Crippen molar-refractivity contribution in [2.24, 2.45) is 0 Å². The van der Waals surface area contributed by atoms with Gasteiger partial charge in [-0.1, -0.05) is 61.7 Å². The van der Waals surface area contributed by atoms with E-state index in [1.807, 2.05) is 36.4 Å². The van der Waals surface area contributed by atoms with Gasteiger partial charge < -0.3 is 10.1 Å². The second-order valence-electron chi connectivity index (χ2n) is 7.57. The molecule has 3 nitrogen and oxygen atoms in total. The number of aromatic nitrogens is 1. The van der Waals surface area contributed by atoms with Crippen molar-refractivity contribution in [2.45, 2.75) is 51.2 Å². The Morgan fingerprint density at radius 1 is 0.893 bits per heavy atom. The normalized spacial score (nSPS) is 14.6. The number of hydrogen-bond donors (Lipinski definition) is 1. The van der Waals surface area contributed by atoms with Gasteiger partial charge in [-0.3, -0.25) is 4.98 Å². The molecule has 0 saturated heterocycles. The van der Waals surface area contributed by atoms with E-state index < -0.39 is 0 Å². The standard InChI is InChI=1S/C25H28N2O/c1-3-8-20(9-4-1)19-28-25-13-7-12-23(16-25)27-18-24-15-14-22(17-26-24)21-10-5-2-6-11-21/h1,3-4,7-9,12-17,21,27H,2,5-6,10-11,18-19H2. The first kappa shape index (κ1) is 18.5. The van der Waals surface area contributed by atoms with Crippen LogP contribution in [0.3, 0.4) is 0 Å². The van der Waals surface area contributed by atoms with Crippen LogP contribution in [0.25, 0.3) is 0 Å².